The average molecular weight is 399 g/mol. The minimum atomic E-state index is -0.505. The van der Waals surface area contributed by atoms with E-state index in [1.165, 1.54) is 6.07 Å². The van der Waals surface area contributed by atoms with Crippen LogP contribution in [0.1, 0.15) is 43.7 Å². The van der Waals surface area contributed by atoms with Gasteiger partial charge in [-0.05, 0) is 35.6 Å². The second-order valence-electron chi connectivity index (χ2n) is 8.80. The molecule has 0 saturated heterocycles. The number of allylic oxidation sites excluding steroid dienone is 2. The van der Waals surface area contributed by atoms with Gasteiger partial charge in [0.25, 0.3) is 5.69 Å². The van der Waals surface area contributed by atoms with E-state index in [0.717, 1.165) is 34.3 Å². The highest BCUT2D eigenvalue weighted by Crippen LogP contribution is 2.51. The van der Waals surface area contributed by atoms with Crippen LogP contribution >= 0.6 is 0 Å². The number of nitro benzene ring substituents is 1. The van der Waals surface area contributed by atoms with Gasteiger partial charge in [0.05, 0.1) is 10.4 Å². The van der Waals surface area contributed by atoms with Crippen molar-refractivity contribution in [2.75, 3.05) is 5.32 Å². The molecule has 0 unspecified atom stereocenters. The molecule has 3 aromatic rings. The molecule has 1 aliphatic heterocycles. The summed E-state index contributed by atoms with van der Waals surface area (Å²) in [6, 6.07) is 14.5. The molecule has 0 fully saturated rings. The molecule has 1 N–H and O–H groups in total. The molecular formula is C24H21N3O3. The zero-order valence-corrected chi connectivity index (χ0v) is 16.8. The molecule has 0 bridgehead atoms. The van der Waals surface area contributed by atoms with Crippen LogP contribution in [0.15, 0.2) is 66.0 Å². The van der Waals surface area contributed by atoms with Crippen molar-refractivity contribution in [2.45, 2.75) is 32.6 Å². The first-order valence-corrected chi connectivity index (χ1v) is 10.00. The third-order valence-electron chi connectivity index (χ3n) is 6.05. The molecule has 0 radical (unpaired) electrons. The summed E-state index contributed by atoms with van der Waals surface area (Å²) in [5.74, 6) is -0.460. The number of anilines is 1. The summed E-state index contributed by atoms with van der Waals surface area (Å²) in [6.45, 7) is 4.16. The second-order valence-corrected chi connectivity index (χ2v) is 8.80. The second kappa shape index (κ2) is 6.49. The first-order chi connectivity index (χ1) is 14.4. The monoisotopic (exact) mass is 399 g/mol. The van der Waals surface area contributed by atoms with Crippen LogP contribution in [0.2, 0.25) is 0 Å². The highest BCUT2D eigenvalue weighted by Gasteiger charge is 2.42. The minimum absolute atomic E-state index is 0.0285. The van der Waals surface area contributed by atoms with E-state index in [4.69, 9.17) is 0 Å². The maximum absolute atomic E-state index is 13.4. The van der Waals surface area contributed by atoms with Gasteiger partial charge < -0.3 is 5.32 Å². The number of ketones is 1. The molecular weight excluding hydrogens is 378 g/mol. The Morgan fingerprint density at radius 3 is 2.70 bits per heavy atom. The molecule has 2 aromatic carbocycles. The predicted octanol–water partition coefficient (Wildman–Crippen LogP) is 5.34. The summed E-state index contributed by atoms with van der Waals surface area (Å²) in [4.78, 5) is 29.3. The Balaban J connectivity index is 1.86. The summed E-state index contributed by atoms with van der Waals surface area (Å²) in [5.41, 5.74) is 4.48. The molecule has 2 heterocycles. The van der Waals surface area contributed by atoms with Gasteiger partial charge in [-0.3, -0.25) is 19.9 Å². The highest BCUT2D eigenvalue weighted by atomic mass is 16.6. The van der Waals surface area contributed by atoms with Crippen molar-refractivity contribution >= 4 is 28.1 Å². The highest BCUT2D eigenvalue weighted by molar-refractivity contribution is 6.04. The number of hydrogen-bond acceptors (Lipinski definition) is 5. The number of para-hydroxylation sites is 1. The third-order valence-corrected chi connectivity index (χ3v) is 6.05. The Labute approximate surface area is 173 Å². The number of aromatic nitrogens is 1. The van der Waals surface area contributed by atoms with Crippen LogP contribution in [0.25, 0.3) is 10.9 Å². The minimum Gasteiger partial charge on any atom is -0.358 e. The van der Waals surface area contributed by atoms with Crippen molar-refractivity contribution in [1.29, 1.82) is 0 Å². The molecule has 2 aliphatic rings. The fraction of sp³-hybridized carbons (Fsp3) is 0.250. The Bertz CT molecular complexity index is 1260. The number of pyridine rings is 1. The molecule has 0 saturated carbocycles. The zero-order chi connectivity index (χ0) is 21.0. The number of hydrogen-bond donors (Lipinski definition) is 1. The van der Waals surface area contributed by atoms with Gasteiger partial charge >= 0.3 is 0 Å². The lowest BCUT2D eigenvalue weighted by Gasteiger charge is -2.39. The lowest BCUT2D eigenvalue weighted by Crippen LogP contribution is -2.34. The van der Waals surface area contributed by atoms with Gasteiger partial charge in [0.1, 0.15) is 0 Å². The number of carbonyl (C=O) groups excluding carboxylic acids is 1. The molecule has 1 atom stereocenters. The van der Waals surface area contributed by atoms with Crippen molar-refractivity contribution in [3.05, 3.63) is 87.2 Å². The molecule has 1 aliphatic carbocycles. The van der Waals surface area contributed by atoms with E-state index in [1.54, 1.807) is 24.4 Å². The molecule has 0 spiro atoms. The van der Waals surface area contributed by atoms with Crippen LogP contribution in [0.3, 0.4) is 0 Å². The van der Waals surface area contributed by atoms with Crippen LogP contribution in [-0.2, 0) is 4.79 Å². The molecule has 6 nitrogen and oxygen atoms in total. The fourth-order valence-corrected chi connectivity index (χ4v) is 4.89. The maximum atomic E-state index is 13.4. The molecule has 1 aromatic heterocycles. The van der Waals surface area contributed by atoms with Crippen LogP contribution in [0.4, 0.5) is 11.4 Å². The fourth-order valence-electron chi connectivity index (χ4n) is 4.89. The number of benzene rings is 2. The van der Waals surface area contributed by atoms with Gasteiger partial charge in [0, 0.05) is 52.5 Å². The SMILES string of the molecule is CC1(C)CC(=O)C2=C(C1)Nc1ccc3ncccc3c1[C@H]2c1ccccc1[N+](=O)[O-]. The largest absolute Gasteiger partial charge is 0.358 e. The van der Waals surface area contributed by atoms with Gasteiger partial charge in [-0.25, -0.2) is 0 Å². The third kappa shape index (κ3) is 2.79. The van der Waals surface area contributed by atoms with Gasteiger partial charge in [0.15, 0.2) is 5.78 Å². The van der Waals surface area contributed by atoms with Gasteiger partial charge in [0.2, 0.25) is 0 Å². The van der Waals surface area contributed by atoms with Crippen LogP contribution in [0, 0.1) is 15.5 Å². The summed E-state index contributed by atoms with van der Waals surface area (Å²) < 4.78 is 0. The van der Waals surface area contributed by atoms with Gasteiger partial charge in [-0.1, -0.05) is 38.1 Å². The number of Topliss-reactive ketones (excluding diaryl/α,β-unsaturated/α-hetero) is 1. The average Bonchev–Trinajstić information content (AvgIpc) is 2.71. The van der Waals surface area contributed by atoms with E-state index in [9.17, 15) is 14.9 Å². The number of carbonyl (C=O) groups is 1. The Morgan fingerprint density at radius 1 is 1.10 bits per heavy atom. The zero-order valence-electron chi connectivity index (χ0n) is 16.8. The van der Waals surface area contributed by atoms with Crippen LogP contribution in [-0.4, -0.2) is 15.7 Å². The molecule has 0 amide bonds. The van der Waals surface area contributed by atoms with Gasteiger partial charge in [-0.2, -0.15) is 0 Å². The van der Waals surface area contributed by atoms with Crippen molar-refractivity contribution in [1.82, 2.24) is 4.98 Å². The normalized spacial score (nSPS) is 19.8. The van der Waals surface area contributed by atoms with Gasteiger partial charge in [-0.15, -0.1) is 0 Å². The summed E-state index contributed by atoms with van der Waals surface area (Å²) in [6.07, 6.45) is 2.86. The molecule has 6 heteroatoms. The maximum Gasteiger partial charge on any atom is 0.273 e. The van der Waals surface area contributed by atoms with E-state index in [-0.39, 0.29) is 21.8 Å². The van der Waals surface area contributed by atoms with Crippen molar-refractivity contribution in [2.24, 2.45) is 5.41 Å². The predicted molar refractivity (Wildman–Crippen MR) is 115 cm³/mol. The van der Waals surface area contributed by atoms with E-state index < -0.39 is 5.92 Å². The quantitative estimate of drug-likeness (QED) is 0.464. The molecule has 30 heavy (non-hydrogen) atoms. The van der Waals surface area contributed by atoms with Crippen molar-refractivity contribution in [3.63, 3.8) is 0 Å². The first kappa shape index (κ1) is 18.5. The topological polar surface area (TPSA) is 85.1 Å². The van der Waals surface area contributed by atoms with E-state index >= 15 is 0 Å². The summed E-state index contributed by atoms with van der Waals surface area (Å²) >= 11 is 0. The number of fused-ring (bicyclic) bond motifs is 3. The Morgan fingerprint density at radius 2 is 1.90 bits per heavy atom. The number of rotatable bonds is 2. The molecule has 5 rings (SSSR count). The Kier molecular flexibility index (Phi) is 4.00. The summed E-state index contributed by atoms with van der Waals surface area (Å²) in [5, 5.41) is 16.2. The van der Waals surface area contributed by atoms with Crippen LogP contribution in [0.5, 0.6) is 0 Å². The van der Waals surface area contributed by atoms with Crippen LogP contribution < -0.4 is 5.32 Å². The van der Waals surface area contributed by atoms with Crippen molar-refractivity contribution < 1.29 is 9.72 Å². The lowest BCUT2D eigenvalue weighted by molar-refractivity contribution is -0.385. The standard InChI is InChI=1S/C24H21N3O3/c1-24(2)12-18-23(20(28)13-24)22(15-6-3-4-8-19(15)27(29)30)21-14-7-5-11-25-16(14)9-10-17(21)26-18/h3-11,22,26H,12-13H2,1-2H3/t22-/m1/s1. The number of nitro groups is 1. The van der Waals surface area contributed by atoms with E-state index in [0.29, 0.717) is 17.6 Å². The van der Waals surface area contributed by atoms with Crippen molar-refractivity contribution in [3.8, 4) is 0 Å². The molecule has 150 valence electrons. The van der Waals surface area contributed by atoms with E-state index in [1.807, 2.05) is 24.3 Å². The Hall–Kier alpha value is -3.54. The number of nitrogens with zero attached hydrogens (tertiary/aromatic N) is 2. The smallest absolute Gasteiger partial charge is 0.273 e. The van der Waals surface area contributed by atoms with E-state index in [2.05, 4.69) is 24.1 Å². The lowest BCUT2D eigenvalue weighted by atomic mass is 9.68. The number of nitrogens with one attached hydrogen (secondary N) is 1. The first-order valence-electron chi connectivity index (χ1n) is 10.00. The summed E-state index contributed by atoms with van der Waals surface area (Å²) in [7, 11) is 0.